The van der Waals surface area contributed by atoms with Crippen LogP contribution >= 0.6 is 0 Å². The Labute approximate surface area is 268 Å². The average molecular weight is 693 g/mol. The summed E-state index contributed by atoms with van der Waals surface area (Å²) in [6, 6.07) is 0. The molecule has 20 nitrogen and oxygen atoms in total. The zero-order valence-electron chi connectivity index (χ0n) is 25.6. The summed E-state index contributed by atoms with van der Waals surface area (Å²) in [5.41, 5.74) is 0. The van der Waals surface area contributed by atoms with Gasteiger partial charge in [0.2, 0.25) is 0 Å². The van der Waals surface area contributed by atoms with Crippen molar-refractivity contribution in [1.82, 2.24) is 0 Å². The average Bonchev–Trinajstić information content (AvgIpc) is 3.05. The molecule has 276 valence electrons. The summed E-state index contributed by atoms with van der Waals surface area (Å²) in [6.07, 6.45) is -32.7. The van der Waals surface area contributed by atoms with E-state index in [1.54, 1.807) is 13.8 Å². The van der Waals surface area contributed by atoms with E-state index >= 15 is 0 Å². The summed E-state index contributed by atoms with van der Waals surface area (Å²) in [7, 11) is 0. The van der Waals surface area contributed by atoms with Crippen molar-refractivity contribution in [1.29, 1.82) is 0 Å². The minimum atomic E-state index is -1.92. The molecule has 0 bridgehead atoms. The van der Waals surface area contributed by atoms with Gasteiger partial charge < -0.3 is 99.5 Å². The Kier molecular flexibility index (Phi) is 13.7. The van der Waals surface area contributed by atoms with E-state index < -0.39 is 155 Å². The number of aliphatic hydroxyl groups is 13. The molecule has 4 saturated heterocycles. The summed E-state index contributed by atoms with van der Waals surface area (Å²) >= 11 is 0. The van der Waals surface area contributed by atoms with E-state index in [-0.39, 0.29) is 0 Å². The standard InChI is InChI=1S/C27H48O20/c1-7(2)22-24(47-27-21(40)18(37)14(33)10(5-30)45-27)23(46-26-20(39)17(36)13(32)9(4-29)44-26)15(34)11(42-22)6-41-25-19(38)16(35)12(31)8(3-28)43-25/h7-40H,3-6H2,1-2H3/t8-,9-,10-,11-,12-,13-,14-,15-,16+,17+,18+,19-,20-,21-,22+,23+,24+,25-,26+,27+/m1/s1. The fourth-order valence-corrected chi connectivity index (χ4v) is 6.00. The summed E-state index contributed by atoms with van der Waals surface area (Å²) < 4.78 is 39.9. The predicted octanol–water partition coefficient (Wildman–Crippen LogP) is -8.04. The van der Waals surface area contributed by atoms with Crippen LogP contribution in [-0.4, -0.2) is 215 Å². The summed E-state index contributed by atoms with van der Waals surface area (Å²) in [4.78, 5) is 0. The first-order valence-electron chi connectivity index (χ1n) is 15.3. The van der Waals surface area contributed by atoms with Gasteiger partial charge in [-0.05, 0) is 5.92 Å². The van der Waals surface area contributed by atoms with Crippen molar-refractivity contribution in [2.45, 2.75) is 136 Å². The Bertz CT molecular complexity index is 957. The summed E-state index contributed by atoms with van der Waals surface area (Å²) in [6.45, 7) is 0.475. The first-order chi connectivity index (χ1) is 22.2. The monoisotopic (exact) mass is 692 g/mol. The number of ether oxygens (including phenoxy) is 7. The molecule has 0 aliphatic carbocycles. The highest BCUT2D eigenvalue weighted by Crippen LogP contribution is 2.36. The highest BCUT2D eigenvalue weighted by Gasteiger charge is 2.55. The molecule has 4 aliphatic rings. The summed E-state index contributed by atoms with van der Waals surface area (Å²) in [5.74, 6) is -0.493. The Morgan fingerprint density at radius 1 is 0.447 bits per heavy atom. The molecular formula is C27H48O20. The second-order valence-electron chi connectivity index (χ2n) is 12.5. The van der Waals surface area contributed by atoms with Gasteiger partial charge >= 0.3 is 0 Å². The molecule has 0 aromatic heterocycles. The van der Waals surface area contributed by atoms with Crippen LogP contribution in [0.5, 0.6) is 0 Å². The van der Waals surface area contributed by atoms with Crippen molar-refractivity contribution in [2.24, 2.45) is 5.92 Å². The van der Waals surface area contributed by atoms with Gasteiger partial charge in [0.1, 0.15) is 97.7 Å². The molecular weight excluding hydrogens is 644 g/mol. The number of aliphatic hydroxyl groups excluding tert-OH is 13. The van der Waals surface area contributed by atoms with Crippen molar-refractivity contribution in [3.05, 3.63) is 0 Å². The highest BCUT2D eigenvalue weighted by molar-refractivity contribution is 4.99. The molecule has 47 heavy (non-hydrogen) atoms. The maximum Gasteiger partial charge on any atom is 0.187 e. The third-order valence-corrected chi connectivity index (χ3v) is 8.91. The van der Waals surface area contributed by atoms with E-state index in [2.05, 4.69) is 0 Å². The Hall–Kier alpha value is -0.800. The Morgan fingerprint density at radius 2 is 0.830 bits per heavy atom. The van der Waals surface area contributed by atoms with E-state index in [0.29, 0.717) is 0 Å². The topological polar surface area (TPSA) is 328 Å². The molecule has 0 unspecified atom stereocenters. The Balaban J connectivity index is 1.62. The lowest BCUT2D eigenvalue weighted by atomic mass is 9.88. The SMILES string of the molecule is CC(C)[C@@H]1O[C@H](CO[C@@H]2O[C@H](CO)[C@@H](O)[C@H](O)[C@H]2O)[C@@H](O)[C@H](O[C@@H]2O[C@H](CO)[C@@H](O)[C@H](O)[C@H]2O)[C@H]1O[C@@H]1O[C@H](CO)[C@@H](O)[C@H](O)[C@H]1O. The molecule has 20 heteroatoms. The molecule has 4 fully saturated rings. The second-order valence-corrected chi connectivity index (χ2v) is 12.5. The largest absolute Gasteiger partial charge is 0.394 e. The van der Waals surface area contributed by atoms with Crippen molar-refractivity contribution >= 4 is 0 Å². The molecule has 0 spiro atoms. The zero-order valence-corrected chi connectivity index (χ0v) is 25.6. The van der Waals surface area contributed by atoms with Crippen LogP contribution in [-0.2, 0) is 33.2 Å². The molecule has 4 aliphatic heterocycles. The predicted molar refractivity (Wildman–Crippen MR) is 147 cm³/mol. The molecule has 4 heterocycles. The molecule has 0 saturated carbocycles. The molecule has 13 N–H and O–H groups in total. The van der Waals surface area contributed by atoms with Crippen molar-refractivity contribution in [3.63, 3.8) is 0 Å². The van der Waals surface area contributed by atoms with Gasteiger partial charge in [-0.1, -0.05) is 13.8 Å². The number of rotatable bonds is 11. The maximum absolute atomic E-state index is 11.6. The first-order valence-corrected chi connectivity index (χ1v) is 15.3. The van der Waals surface area contributed by atoms with Crippen molar-refractivity contribution in [3.8, 4) is 0 Å². The van der Waals surface area contributed by atoms with Crippen LogP contribution in [0.25, 0.3) is 0 Å². The van der Waals surface area contributed by atoms with Gasteiger partial charge in [0.15, 0.2) is 18.9 Å². The van der Waals surface area contributed by atoms with E-state index in [0.717, 1.165) is 0 Å². The van der Waals surface area contributed by atoms with Crippen LogP contribution in [0.4, 0.5) is 0 Å². The smallest absolute Gasteiger partial charge is 0.187 e. The quantitative estimate of drug-likeness (QED) is 0.0956. The third-order valence-electron chi connectivity index (χ3n) is 8.91. The van der Waals surface area contributed by atoms with E-state index in [9.17, 15) is 66.4 Å². The van der Waals surface area contributed by atoms with Gasteiger partial charge in [-0.25, -0.2) is 0 Å². The molecule has 4 rings (SSSR count). The van der Waals surface area contributed by atoms with Gasteiger partial charge in [0.05, 0.1) is 32.5 Å². The third kappa shape index (κ3) is 8.08. The lowest BCUT2D eigenvalue weighted by Crippen LogP contribution is -2.67. The molecule has 20 atom stereocenters. The van der Waals surface area contributed by atoms with Gasteiger partial charge in [-0.3, -0.25) is 0 Å². The van der Waals surface area contributed by atoms with Crippen molar-refractivity contribution in [2.75, 3.05) is 26.4 Å². The minimum Gasteiger partial charge on any atom is -0.394 e. The first kappa shape index (κ1) is 39.0. The lowest BCUT2D eigenvalue weighted by Gasteiger charge is -2.50. The van der Waals surface area contributed by atoms with Crippen LogP contribution in [0.1, 0.15) is 13.8 Å². The molecule has 0 radical (unpaired) electrons. The fraction of sp³-hybridized carbons (Fsp3) is 1.00. The van der Waals surface area contributed by atoms with Gasteiger partial charge in [0.25, 0.3) is 0 Å². The maximum atomic E-state index is 11.6. The fourth-order valence-electron chi connectivity index (χ4n) is 6.00. The van der Waals surface area contributed by atoms with Gasteiger partial charge in [-0.2, -0.15) is 0 Å². The van der Waals surface area contributed by atoms with Gasteiger partial charge in [-0.15, -0.1) is 0 Å². The van der Waals surface area contributed by atoms with Gasteiger partial charge in [0, 0.05) is 0 Å². The summed E-state index contributed by atoms with van der Waals surface area (Å²) in [5, 5.41) is 133. The molecule has 0 aromatic rings. The van der Waals surface area contributed by atoms with E-state index in [4.69, 9.17) is 33.2 Å². The normalized spacial score (nSPS) is 51.3. The molecule has 0 amide bonds. The minimum absolute atomic E-state index is 0.493. The van der Waals surface area contributed by atoms with Crippen LogP contribution in [0.15, 0.2) is 0 Å². The second kappa shape index (κ2) is 16.5. The number of hydrogen-bond donors (Lipinski definition) is 13. The van der Waals surface area contributed by atoms with Crippen LogP contribution in [0, 0.1) is 5.92 Å². The lowest BCUT2D eigenvalue weighted by molar-refractivity contribution is -0.376. The van der Waals surface area contributed by atoms with Crippen LogP contribution in [0.3, 0.4) is 0 Å². The molecule has 0 aromatic carbocycles. The number of hydrogen-bond acceptors (Lipinski definition) is 20. The zero-order chi connectivity index (χ0) is 34.9. The van der Waals surface area contributed by atoms with Crippen molar-refractivity contribution < 1.29 is 99.5 Å². The van der Waals surface area contributed by atoms with E-state index in [1.807, 2.05) is 0 Å². The van der Waals surface area contributed by atoms with E-state index in [1.165, 1.54) is 0 Å². The highest BCUT2D eigenvalue weighted by atomic mass is 16.8. The van der Waals surface area contributed by atoms with Crippen LogP contribution < -0.4 is 0 Å². The van der Waals surface area contributed by atoms with Crippen LogP contribution in [0.2, 0.25) is 0 Å². The Morgan fingerprint density at radius 3 is 1.23 bits per heavy atom.